The molecule has 1 aliphatic heterocycles. The molecular weight excluding hydrogens is 484 g/mol. The van der Waals surface area contributed by atoms with Gasteiger partial charge in [0.15, 0.2) is 0 Å². The number of esters is 1. The standard InChI is InChI=1S/C27H25ClN2O4S/c1-3-34-27(33)22-5-4-6-23(17(22)2)29-25(32)19-9-11-20(12-10-19)26-30(24(31)16-35-26)15-18-7-13-21(28)14-8-18/h4-14,26H,3,15-16H2,1-2H3,(H,29,32)/t26-/m1/s1. The zero-order valence-electron chi connectivity index (χ0n) is 19.4. The Kier molecular flexibility index (Phi) is 7.78. The molecule has 0 saturated carbocycles. The van der Waals surface area contributed by atoms with E-state index in [-0.39, 0.29) is 23.8 Å². The molecule has 3 aromatic carbocycles. The largest absolute Gasteiger partial charge is 0.462 e. The van der Waals surface area contributed by atoms with Crippen LogP contribution in [0.5, 0.6) is 0 Å². The lowest BCUT2D eigenvalue weighted by atomic mass is 10.1. The second kappa shape index (κ2) is 11.0. The molecule has 4 rings (SSSR count). The SMILES string of the molecule is CCOC(=O)c1cccc(NC(=O)c2ccc([C@H]3SCC(=O)N3Cc3ccc(Cl)cc3)cc2)c1C. The van der Waals surface area contributed by atoms with Gasteiger partial charge in [0.25, 0.3) is 5.91 Å². The number of ether oxygens (including phenoxy) is 1. The molecule has 6 nitrogen and oxygen atoms in total. The highest BCUT2D eigenvalue weighted by molar-refractivity contribution is 8.00. The summed E-state index contributed by atoms with van der Waals surface area (Å²) in [6.45, 7) is 4.29. The zero-order valence-corrected chi connectivity index (χ0v) is 21.0. The smallest absolute Gasteiger partial charge is 0.338 e. The molecule has 0 aliphatic carbocycles. The molecule has 180 valence electrons. The summed E-state index contributed by atoms with van der Waals surface area (Å²) in [6, 6.07) is 19.9. The van der Waals surface area contributed by atoms with Crippen LogP contribution in [0.3, 0.4) is 0 Å². The number of benzene rings is 3. The van der Waals surface area contributed by atoms with Crippen molar-refractivity contribution in [3.05, 3.63) is 99.6 Å². The minimum atomic E-state index is -0.419. The summed E-state index contributed by atoms with van der Waals surface area (Å²) in [4.78, 5) is 39.4. The van der Waals surface area contributed by atoms with E-state index in [1.165, 1.54) is 0 Å². The van der Waals surface area contributed by atoms with Crippen molar-refractivity contribution in [2.24, 2.45) is 0 Å². The minimum absolute atomic E-state index is 0.0775. The van der Waals surface area contributed by atoms with Gasteiger partial charge in [0.1, 0.15) is 5.37 Å². The van der Waals surface area contributed by atoms with E-state index in [1.54, 1.807) is 55.9 Å². The van der Waals surface area contributed by atoms with Gasteiger partial charge >= 0.3 is 5.97 Å². The van der Waals surface area contributed by atoms with Crippen LogP contribution in [0, 0.1) is 6.92 Å². The van der Waals surface area contributed by atoms with Gasteiger partial charge in [0.05, 0.1) is 17.9 Å². The second-order valence-electron chi connectivity index (χ2n) is 8.09. The van der Waals surface area contributed by atoms with Crippen molar-refractivity contribution in [1.82, 2.24) is 4.90 Å². The van der Waals surface area contributed by atoms with E-state index in [0.29, 0.717) is 39.7 Å². The molecule has 0 aromatic heterocycles. The monoisotopic (exact) mass is 508 g/mol. The first-order valence-electron chi connectivity index (χ1n) is 11.2. The molecule has 35 heavy (non-hydrogen) atoms. The Bertz CT molecular complexity index is 1250. The summed E-state index contributed by atoms with van der Waals surface area (Å²) in [5.74, 6) is -0.212. The van der Waals surface area contributed by atoms with Crippen molar-refractivity contribution in [2.45, 2.75) is 25.8 Å². The summed E-state index contributed by atoms with van der Waals surface area (Å²) in [5, 5.41) is 3.41. The molecule has 1 atom stereocenters. The Balaban J connectivity index is 1.47. The van der Waals surface area contributed by atoms with Crippen LogP contribution in [-0.4, -0.2) is 35.0 Å². The van der Waals surface area contributed by atoms with E-state index < -0.39 is 5.97 Å². The number of hydrogen-bond acceptors (Lipinski definition) is 5. The molecule has 1 fully saturated rings. The van der Waals surface area contributed by atoms with Crippen LogP contribution in [0.1, 0.15) is 49.7 Å². The third kappa shape index (κ3) is 5.69. The van der Waals surface area contributed by atoms with Gasteiger partial charge in [0, 0.05) is 22.8 Å². The Hall–Kier alpha value is -3.29. The van der Waals surface area contributed by atoms with E-state index >= 15 is 0 Å². The number of carbonyl (C=O) groups is 3. The molecule has 2 amide bonds. The predicted octanol–water partition coefficient (Wildman–Crippen LogP) is 5.85. The Morgan fingerprint density at radius 3 is 2.49 bits per heavy atom. The fraction of sp³-hybridized carbons (Fsp3) is 0.222. The Labute approximate surface area is 213 Å². The van der Waals surface area contributed by atoms with E-state index in [4.69, 9.17) is 16.3 Å². The van der Waals surface area contributed by atoms with Gasteiger partial charge in [-0.15, -0.1) is 11.8 Å². The maximum absolute atomic E-state index is 12.9. The van der Waals surface area contributed by atoms with Gasteiger partial charge < -0.3 is 15.0 Å². The van der Waals surface area contributed by atoms with Crippen LogP contribution < -0.4 is 5.32 Å². The van der Waals surface area contributed by atoms with Gasteiger partial charge in [-0.3, -0.25) is 9.59 Å². The number of rotatable bonds is 7. The maximum Gasteiger partial charge on any atom is 0.338 e. The topological polar surface area (TPSA) is 75.7 Å². The molecule has 0 radical (unpaired) electrons. The zero-order chi connectivity index (χ0) is 24.9. The number of thioether (sulfide) groups is 1. The average molecular weight is 509 g/mol. The van der Waals surface area contributed by atoms with Crippen molar-refractivity contribution in [3.63, 3.8) is 0 Å². The van der Waals surface area contributed by atoms with Gasteiger partial charge in [-0.25, -0.2) is 4.79 Å². The molecular formula is C27H25ClN2O4S. The molecule has 3 aromatic rings. The highest BCUT2D eigenvalue weighted by Crippen LogP contribution is 2.39. The fourth-order valence-corrected chi connectivity index (χ4v) is 5.20. The average Bonchev–Trinajstić information content (AvgIpc) is 3.22. The van der Waals surface area contributed by atoms with Crippen LogP contribution in [0.25, 0.3) is 0 Å². The van der Waals surface area contributed by atoms with Crippen molar-refractivity contribution in [2.75, 3.05) is 17.7 Å². The summed E-state index contributed by atoms with van der Waals surface area (Å²) in [5.41, 5.74) is 4.06. The minimum Gasteiger partial charge on any atom is -0.462 e. The maximum atomic E-state index is 12.9. The number of hydrogen-bond donors (Lipinski definition) is 1. The first-order valence-corrected chi connectivity index (χ1v) is 12.6. The first kappa shape index (κ1) is 24.8. The quantitative estimate of drug-likeness (QED) is 0.405. The molecule has 0 spiro atoms. The number of nitrogens with one attached hydrogen (secondary N) is 1. The molecule has 1 aliphatic rings. The molecule has 1 N–H and O–H groups in total. The van der Waals surface area contributed by atoms with Gasteiger partial charge in [-0.1, -0.05) is 41.9 Å². The van der Waals surface area contributed by atoms with Crippen molar-refractivity contribution >= 4 is 46.8 Å². The van der Waals surface area contributed by atoms with E-state index in [9.17, 15) is 14.4 Å². The third-order valence-electron chi connectivity index (χ3n) is 5.77. The number of anilines is 1. The first-order chi connectivity index (χ1) is 16.9. The number of amides is 2. The lowest BCUT2D eigenvalue weighted by Crippen LogP contribution is -2.27. The lowest BCUT2D eigenvalue weighted by molar-refractivity contribution is -0.128. The summed E-state index contributed by atoms with van der Waals surface area (Å²) < 4.78 is 5.09. The van der Waals surface area contributed by atoms with Crippen molar-refractivity contribution < 1.29 is 19.1 Å². The summed E-state index contributed by atoms with van der Waals surface area (Å²) in [7, 11) is 0. The number of halogens is 1. The molecule has 1 heterocycles. The van der Waals surface area contributed by atoms with Gasteiger partial charge in [0.2, 0.25) is 5.91 Å². The van der Waals surface area contributed by atoms with Crippen LogP contribution in [0.4, 0.5) is 5.69 Å². The molecule has 1 saturated heterocycles. The third-order valence-corrected chi connectivity index (χ3v) is 7.28. The van der Waals surface area contributed by atoms with Crippen molar-refractivity contribution in [3.8, 4) is 0 Å². The second-order valence-corrected chi connectivity index (χ2v) is 9.59. The predicted molar refractivity (Wildman–Crippen MR) is 139 cm³/mol. The van der Waals surface area contributed by atoms with Crippen LogP contribution in [0.2, 0.25) is 5.02 Å². The molecule has 0 bridgehead atoms. The summed E-state index contributed by atoms with van der Waals surface area (Å²) in [6.07, 6.45) is 0. The number of carbonyl (C=O) groups excluding carboxylic acids is 3. The van der Waals surface area contributed by atoms with E-state index in [0.717, 1.165) is 11.1 Å². The number of nitrogens with zero attached hydrogens (tertiary/aromatic N) is 1. The highest BCUT2D eigenvalue weighted by atomic mass is 35.5. The Morgan fingerprint density at radius 2 is 1.80 bits per heavy atom. The normalized spacial score (nSPS) is 15.2. The highest BCUT2D eigenvalue weighted by Gasteiger charge is 2.32. The van der Waals surface area contributed by atoms with Gasteiger partial charge in [-0.05, 0) is 66.9 Å². The van der Waals surface area contributed by atoms with E-state index in [2.05, 4.69) is 5.32 Å². The summed E-state index contributed by atoms with van der Waals surface area (Å²) >= 11 is 7.55. The lowest BCUT2D eigenvalue weighted by Gasteiger charge is -2.24. The van der Waals surface area contributed by atoms with Gasteiger partial charge in [-0.2, -0.15) is 0 Å². The van der Waals surface area contributed by atoms with E-state index in [1.807, 2.05) is 41.3 Å². The van der Waals surface area contributed by atoms with Crippen molar-refractivity contribution in [1.29, 1.82) is 0 Å². The molecule has 0 unspecified atom stereocenters. The Morgan fingerprint density at radius 1 is 1.09 bits per heavy atom. The van der Waals surface area contributed by atoms with Crippen LogP contribution in [0.15, 0.2) is 66.7 Å². The van der Waals surface area contributed by atoms with Crippen LogP contribution >= 0.6 is 23.4 Å². The van der Waals surface area contributed by atoms with Crippen LogP contribution in [-0.2, 0) is 16.1 Å². The fourth-order valence-electron chi connectivity index (χ4n) is 3.88. The molecule has 8 heteroatoms.